The summed E-state index contributed by atoms with van der Waals surface area (Å²) in [4.78, 5) is 24.3. The zero-order chi connectivity index (χ0) is 15.5. The van der Waals surface area contributed by atoms with Crippen molar-refractivity contribution in [2.45, 2.75) is 17.1 Å². The molecule has 0 aliphatic carbocycles. The summed E-state index contributed by atoms with van der Waals surface area (Å²) in [6.45, 7) is 0.380. The van der Waals surface area contributed by atoms with Crippen molar-refractivity contribution >= 4 is 33.2 Å². The molecule has 1 aliphatic heterocycles. The van der Waals surface area contributed by atoms with Crippen molar-refractivity contribution in [2.75, 3.05) is 19.6 Å². The summed E-state index contributed by atoms with van der Waals surface area (Å²) in [5, 5.41) is 10.5. The lowest BCUT2D eigenvalue weighted by Crippen LogP contribution is -2.44. The fraction of sp³-hybridized carbons (Fsp3) is 0.500. The van der Waals surface area contributed by atoms with Crippen LogP contribution in [0, 0.1) is 5.92 Å². The minimum absolute atomic E-state index is 0.167. The van der Waals surface area contributed by atoms with E-state index >= 15 is 0 Å². The van der Waals surface area contributed by atoms with Gasteiger partial charge in [-0.25, -0.2) is 13.1 Å². The van der Waals surface area contributed by atoms with E-state index < -0.39 is 21.9 Å². The van der Waals surface area contributed by atoms with Gasteiger partial charge in [0.05, 0.1) is 12.5 Å². The first-order chi connectivity index (χ1) is 9.90. The van der Waals surface area contributed by atoms with Crippen molar-refractivity contribution in [3.8, 4) is 0 Å². The topological polar surface area (TPSA) is 104 Å². The van der Waals surface area contributed by atoms with Crippen LogP contribution in [0.5, 0.6) is 0 Å². The molecule has 0 spiro atoms. The summed E-state index contributed by atoms with van der Waals surface area (Å²) < 4.78 is 26.2. The molecule has 1 saturated heterocycles. The number of piperidine rings is 1. The Morgan fingerprint density at radius 3 is 2.57 bits per heavy atom. The van der Waals surface area contributed by atoms with Crippen LogP contribution in [0.2, 0.25) is 0 Å². The van der Waals surface area contributed by atoms with E-state index in [1.54, 1.807) is 11.4 Å². The molecule has 0 saturated carbocycles. The highest BCUT2D eigenvalue weighted by Crippen LogP contribution is 2.18. The molecule has 9 heteroatoms. The van der Waals surface area contributed by atoms with Gasteiger partial charge in [0.2, 0.25) is 5.91 Å². The Kier molecular flexibility index (Phi) is 4.96. The Balaban J connectivity index is 1.85. The molecular weight excluding hydrogens is 316 g/mol. The Morgan fingerprint density at radius 1 is 1.38 bits per heavy atom. The van der Waals surface area contributed by atoms with Crippen molar-refractivity contribution in [2.24, 2.45) is 5.92 Å². The van der Waals surface area contributed by atoms with Crippen LogP contribution in [0.1, 0.15) is 12.8 Å². The summed E-state index contributed by atoms with van der Waals surface area (Å²) in [5.41, 5.74) is 0. The zero-order valence-corrected chi connectivity index (χ0v) is 12.8. The Hall–Kier alpha value is -1.45. The van der Waals surface area contributed by atoms with Crippen LogP contribution in [0.25, 0.3) is 0 Å². The molecular formula is C12H16N2O5S2. The van der Waals surface area contributed by atoms with Crippen molar-refractivity contribution in [1.29, 1.82) is 0 Å². The molecule has 2 heterocycles. The van der Waals surface area contributed by atoms with Crippen LogP contribution in [-0.4, -0.2) is 49.9 Å². The zero-order valence-electron chi connectivity index (χ0n) is 11.2. The van der Waals surface area contributed by atoms with Gasteiger partial charge in [0.1, 0.15) is 4.21 Å². The third-order valence-electron chi connectivity index (χ3n) is 3.37. The quantitative estimate of drug-likeness (QED) is 0.810. The maximum Gasteiger partial charge on any atom is 0.306 e. The monoisotopic (exact) mass is 332 g/mol. The van der Waals surface area contributed by atoms with Gasteiger partial charge in [-0.05, 0) is 24.3 Å². The highest BCUT2D eigenvalue weighted by atomic mass is 32.2. The summed E-state index contributed by atoms with van der Waals surface area (Å²) in [7, 11) is -3.65. The molecule has 0 bridgehead atoms. The van der Waals surface area contributed by atoms with E-state index in [1.807, 2.05) is 0 Å². The number of nitrogens with zero attached hydrogens (tertiary/aromatic N) is 1. The third-order valence-corrected chi connectivity index (χ3v) is 6.17. The molecule has 1 aromatic rings. The number of carboxylic acid groups (broad SMARTS) is 1. The number of carbonyl (C=O) groups excluding carboxylic acids is 1. The van der Waals surface area contributed by atoms with E-state index in [2.05, 4.69) is 4.72 Å². The van der Waals surface area contributed by atoms with Gasteiger partial charge in [0.15, 0.2) is 0 Å². The van der Waals surface area contributed by atoms with Crippen molar-refractivity contribution < 1.29 is 23.1 Å². The average molecular weight is 332 g/mol. The number of likely N-dealkylation sites (tertiary alicyclic amines) is 1. The van der Waals surface area contributed by atoms with Gasteiger partial charge in [0.25, 0.3) is 10.0 Å². The van der Waals surface area contributed by atoms with E-state index in [4.69, 9.17) is 5.11 Å². The number of thiophene rings is 1. The molecule has 0 unspecified atom stereocenters. The van der Waals surface area contributed by atoms with E-state index in [1.165, 1.54) is 11.0 Å². The minimum atomic E-state index is -3.65. The first-order valence-electron chi connectivity index (χ1n) is 6.44. The normalized spacial score (nSPS) is 16.9. The first kappa shape index (κ1) is 15.9. The molecule has 1 aliphatic rings. The Morgan fingerprint density at radius 2 is 2.05 bits per heavy atom. The summed E-state index contributed by atoms with van der Waals surface area (Å²) in [5.74, 6) is -1.60. The highest BCUT2D eigenvalue weighted by Gasteiger charge is 2.27. The number of hydrogen-bond donors (Lipinski definition) is 2. The van der Waals surface area contributed by atoms with Crippen molar-refractivity contribution in [3.05, 3.63) is 17.5 Å². The minimum Gasteiger partial charge on any atom is -0.481 e. The van der Waals surface area contributed by atoms with Gasteiger partial charge < -0.3 is 10.0 Å². The molecule has 1 amide bonds. The van der Waals surface area contributed by atoms with Gasteiger partial charge in [-0.2, -0.15) is 0 Å². The van der Waals surface area contributed by atoms with Crippen LogP contribution in [0.4, 0.5) is 0 Å². The van der Waals surface area contributed by atoms with Gasteiger partial charge in [-0.3, -0.25) is 9.59 Å². The number of amides is 1. The van der Waals surface area contributed by atoms with Crippen molar-refractivity contribution in [3.63, 3.8) is 0 Å². The summed E-state index contributed by atoms with van der Waals surface area (Å²) in [6.07, 6.45) is 0.803. The predicted octanol–water partition coefficient (Wildman–Crippen LogP) is 0.350. The number of nitrogens with one attached hydrogen (secondary N) is 1. The van der Waals surface area contributed by atoms with Crippen LogP contribution < -0.4 is 4.72 Å². The van der Waals surface area contributed by atoms with Gasteiger partial charge in [-0.1, -0.05) is 6.07 Å². The predicted molar refractivity (Wildman–Crippen MR) is 76.4 cm³/mol. The number of rotatable bonds is 5. The molecule has 0 atom stereocenters. The second kappa shape index (κ2) is 6.54. The van der Waals surface area contributed by atoms with E-state index in [-0.39, 0.29) is 16.7 Å². The molecule has 2 N–H and O–H groups in total. The van der Waals surface area contributed by atoms with Gasteiger partial charge in [0, 0.05) is 13.1 Å². The molecule has 2 rings (SSSR count). The highest BCUT2D eigenvalue weighted by molar-refractivity contribution is 7.91. The fourth-order valence-corrected chi connectivity index (χ4v) is 4.14. The first-order valence-corrected chi connectivity index (χ1v) is 8.80. The maximum absolute atomic E-state index is 11.9. The van der Waals surface area contributed by atoms with Gasteiger partial charge in [-0.15, -0.1) is 11.3 Å². The lowest BCUT2D eigenvalue weighted by atomic mass is 9.97. The third kappa shape index (κ3) is 4.02. The number of sulfonamides is 1. The number of hydrogen-bond acceptors (Lipinski definition) is 5. The molecule has 21 heavy (non-hydrogen) atoms. The van der Waals surface area contributed by atoms with E-state index in [0.717, 1.165) is 11.3 Å². The van der Waals surface area contributed by atoms with Crippen LogP contribution in [-0.2, 0) is 19.6 Å². The lowest BCUT2D eigenvalue weighted by molar-refractivity contribution is -0.145. The second-order valence-electron chi connectivity index (χ2n) is 4.75. The summed E-state index contributed by atoms with van der Waals surface area (Å²) in [6, 6.07) is 3.09. The number of carboxylic acids is 1. The van der Waals surface area contributed by atoms with Crippen LogP contribution in [0.15, 0.2) is 21.7 Å². The second-order valence-corrected chi connectivity index (χ2v) is 7.69. The smallest absolute Gasteiger partial charge is 0.306 e. The van der Waals surface area contributed by atoms with Gasteiger partial charge >= 0.3 is 5.97 Å². The molecule has 116 valence electrons. The van der Waals surface area contributed by atoms with Crippen molar-refractivity contribution in [1.82, 2.24) is 9.62 Å². The standard InChI is InChI=1S/C12H16N2O5S2/c15-10(14-5-3-9(4-6-14)12(16)17)8-13-21(18,19)11-2-1-7-20-11/h1-2,7,9,13H,3-6,8H2,(H,16,17). The van der Waals surface area contributed by atoms with Crippen LogP contribution in [0.3, 0.4) is 0 Å². The molecule has 0 aromatic carbocycles. The summed E-state index contributed by atoms with van der Waals surface area (Å²) >= 11 is 1.08. The molecule has 0 radical (unpaired) electrons. The Labute approximate surface area is 126 Å². The Bertz CT molecular complexity index is 604. The maximum atomic E-state index is 11.9. The SMILES string of the molecule is O=C(O)C1CCN(C(=O)CNS(=O)(=O)c2cccs2)CC1. The molecule has 1 fully saturated rings. The average Bonchev–Trinajstić information content (AvgIpc) is 3.00. The fourth-order valence-electron chi connectivity index (χ4n) is 2.13. The molecule has 7 nitrogen and oxygen atoms in total. The largest absolute Gasteiger partial charge is 0.481 e. The van der Waals surface area contributed by atoms with E-state index in [9.17, 15) is 18.0 Å². The lowest BCUT2D eigenvalue weighted by Gasteiger charge is -2.30. The van der Waals surface area contributed by atoms with Crippen LogP contribution >= 0.6 is 11.3 Å². The number of carbonyl (C=O) groups is 2. The van der Waals surface area contributed by atoms with E-state index in [0.29, 0.717) is 25.9 Å². The number of aliphatic carboxylic acids is 1. The molecule has 1 aromatic heterocycles.